The number of hydrogen-bond donors (Lipinski definition) is 1. The van der Waals surface area contributed by atoms with Crippen LogP contribution in [0.4, 0.5) is 10.7 Å². The van der Waals surface area contributed by atoms with E-state index in [4.69, 9.17) is 4.74 Å². The molecule has 1 N–H and O–H groups in total. The van der Waals surface area contributed by atoms with E-state index in [1.165, 1.54) is 18.3 Å². The highest BCUT2D eigenvalue weighted by molar-refractivity contribution is 7.17. The monoisotopic (exact) mass is 419 g/mol. The van der Waals surface area contributed by atoms with E-state index in [1.54, 1.807) is 6.92 Å². The molecule has 2 aromatic rings. The minimum Gasteiger partial charge on any atom is -0.462 e. The largest absolute Gasteiger partial charge is 0.462 e. The number of amides is 1. The fourth-order valence-electron chi connectivity index (χ4n) is 3.36. The molecule has 0 bridgehead atoms. The third kappa shape index (κ3) is 4.37. The summed E-state index contributed by atoms with van der Waals surface area (Å²) in [6, 6.07) is 1.12. The van der Waals surface area contributed by atoms with Crippen molar-refractivity contribution in [1.82, 2.24) is 4.57 Å². The van der Waals surface area contributed by atoms with Crippen LogP contribution in [0.25, 0.3) is 0 Å². The molecule has 0 aromatic carbocycles. The lowest BCUT2D eigenvalue weighted by molar-refractivity contribution is -0.385. The van der Waals surface area contributed by atoms with Crippen molar-refractivity contribution in [2.75, 3.05) is 11.9 Å². The zero-order valence-electron chi connectivity index (χ0n) is 16.1. The highest BCUT2D eigenvalue weighted by atomic mass is 32.1. The van der Waals surface area contributed by atoms with Crippen molar-refractivity contribution >= 4 is 33.9 Å². The summed E-state index contributed by atoms with van der Waals surface area (Å²) in [6.45, 7) is 3.00. The number of carbonyl (C=O) groups is 2. The fraction of sp³-hybridized carbons (Fsp3) is 0.421. The normalized spacial score (nSPS) is 12.9. The van der Waals surface area contributed by atoms with Crippen LogP contribution in [0.5, 0.6) is 0 Å². The first-order chi connectivity index (χ1) is 13.8. The molecule has 0 saturated heterocycles. The van der Waals surface area contributed by atoms with Gasteiger partial charge < -0.3 is 10.1 Å². The molecule has 0 atom stereocenters. The quantitative estimate of drug-likeness (QED) is 0.437. The van der Waals surface area contributed by atoms with Gasteiger partial charge in [-0.2, -0.15) is 0 Å². The molecule has 10 heteroatoms. The number of rotatable bonds is 6. The summed E-state index contributed by atoms with van der Waals surface area (Å²) in [5.74, 6) is -1.03. The summed E-state index contributed by atoms with van der Waals surface area (Å²) < 4.78 is 6.14. The average Bonchev–Trinajstić information content (AvgIpc) is 3.01. The molecule has 0 saturated carbocycles. The number of nitro groups is 1. The van der Waals surface area contributed by atoms with Gasteiger partial charge in [0.25, 0.3) is 11.2 Å². The number of hydrogen-bond acceptors (Lipinski definition) is 7. The van der Waals surface area contributed by atoms with Gasteiger partial charge in [0.2, 0.25) is 5.91 Å². The molecule has 9 nitrogen and oxygen atoms in total. The van der Waals surface area contributed by atoms with E-state index in [-0.39, 0.29) is 17.9 Å². The van der Waals surface area contributed by atoms with Crippen LogP contribution in [0.15, 0.2) is 17.1 Å². The predicted octanol–water partition coefficient (Wildman–Crippen LogP) is 2.82. The van der Waals surface area contributed by atoms with Crippen LogP contribution in [-0.2, 0) is 28.9 Å². The average molecular weight is 419 g/mol. The topological polar surface area (TPSA) is 121 Å². The zero-order valence-corrected chi connectivity index (χ0v) is 17.0. The van der Waals surface area contributed by atoms with Crippen LogP contribution in [0.3, 0.4) is 0 Å². The van der Waals surface area contributed by atoms with Gasteiger partial charge in [0.15, 0.2) is 0 Å². The Kier molecular flexibility index (Phi) is 6.12. The maximum atomic E-state index is 12.6. The second kappa shape index (κ2) is 8.56. The maximum Gasteiger partial charge on any atom is 0.341 e. The number of pyridine rings is 1. The molecule has 0 aliphatic heterocycles. The van der Waals surface area contributed by atoms with Crippen LogP contribution in [-0.4, -0.2) is 28.0 Å². The molecule has 3 rings (SSSR count). The molecule has 1 aliphatic carbocycles. The van der Waals surface area contributed by atoms with E-state index < -0.39 is 28.9 Å². The minimum atomic E-state index is -0.602. The number of nitrogens with one attached hydrogen (secondary N) is 1. The molecule has 154 valence electrons. The van der Waals surface area contributed by atoms with Crippen molar-refractivity contribution in [2.24, 2.45) is 0 Å². The van der Waals surface area contributed by atoms with E-state index in [0.717, 1.165) is 53.0 Å². The second-order valence-corrected chi connectivity index (χ2v) is 7.85. The Balaban J connectivity index is 1.87. The van der Waals surface area contributed by atoms with E-state index in [9.17, 15) is 24.5 Å². The molecule has 1 amide bonds. The first-order valence-corrected chi connectivity index (χ1v) is 10.1. The van der Waals surface area contributed by atoms with Crippen molar-refractivity contribution in [2.45, 2.75) is 46.1 Å². The van der Waals surface area contributed by atoms with Crippen molar-refractivity contribution in [1.29, 1.82) is 0 Å². The Morgan fingerprint density at radius 1 is 1.34 bits per heavy atom. The lowest BCUT2D eigenvalue weighted by atomic mass is 9.95. The number of ether oxygens (including phenoxy) is 1. The molecule has 29 heavy (non-hydrogen) atoms. The zero-order chi connectivity index (χ0) is 21.1. The number of anilines is 1. The highest BCUT2D eigenvalue weighted by Crippen LogP contribution is 2.38. The van der Waals surface area contributed by atoms with E-state index in [0.29, 0.717) is 10.6 Å². The van der Waals surface area contributed by atoms with E-state index in [2.05, 4.69) is 5.32 Å². The van der Waals surface area contributed by atoms with Gasteiger partial charge in [-0.15, -0.1) is 11.3 Å². The third-order valence-corrected chi connectivity index (χ3v) is 5.93. The Morgan fingerprint density at radius 2 is 2.07 bits per heavy atom. The van der Waals surface area contributed by atoms with Gasteiger partial charge in [0, 0.05) is 16.5 Å². The Labute approximate surface area is 170 Å². The molecular weight excluding hydrogens is 398 g/mol. The van der Waals surface area contributed by atoms with Crippen LogP contribution in [0.1, 0.15) is 46.1 Å². The van der Waals surface area contributed by atoms with Crippen molar-refractivity contribution < 1.29 is 19.2 Å². The van der Waals surface area contributed by atoms with Gasteiger partial charge in [0.05, 0.1) is 23.3 Å². The number of aryl methyl sites for hydroxylation is 2. The highest BCUT2D eigenvalue weighted by Gasteiger charge is 2.27. The minimum absolute atomic E-state index is 0.221. The maximum absolute atomic E-state index is 12.6. The summed E-state index contributed by atoms with van der Waals surface area (Å²) in [5, 5.41) is 14.2. The summed E-state index contributed by atoms with van der Waals surface area (Å²) in [7, 11) is 0. The molecule has 2 heterocycles. The van der Waals surface area contributed by atoms with E-state index >= 15 is 0 Å². The summed E-state index contributed by atoms with van der Waals surface area (Å²) >= 11 is 1.34. The Hall–Kier alpha value is -3.01. The summed E-state index contributed by atoms with van der Waals surface area (Å²) in [4.78, 5) is 48.7. The van der Waals surface area contributed by atoms with Crippen LogP contribution < -0.4 is 10.9 Å². The van der Waals surface area contributed by atoms with E-state index in [1.807, 2.05) is 0 Å². The number of esters is 1. The number of fused-ring (bicyclic) bond motifs is 1. The SMILES string of the molecule is CCOC(=O)c1c(NC(=O)Cn2cc([N+](=O)[O-])c(C)cc2=O)sc2c1CCCC2. The van der Waals surface area contributed by atoms with Crippen LogP contribution in [0, 0.1) is 17.0 Å². The number of thiophene rings is 1. The Morgan fingerprint density at radius 3 is 2.76 bits per heavy atom. The fourth-order valence-corrected chi connectivity index (χ4v) is 4.66. The van der Waals surface area contributed by atoms with Crippen LogP contribution >= 0.6 is 11.3 Å². The van der Waals surface area contributed by atoms with Gasteiger partial charge in [0.1, 0.15) is 11.5 Å². The van der Waals surface area contributed by atoms with Gasteiger partial charge in [-0.3, -0.25) is 24.3 Å². The molecular formula is C19H21N3O6S. The molecule has 0 unspecified atom stereocenters. The lowest BCUT2D eigenvalue weighted by Crippen LogP contribution is -2.27. The van der Waals surface area contributed by atoms with Crippen LogP contribution in [0.2, 0.25) is 0 Å². The first kappa shape index (κ1) is 20.7. The molecule has 0 fully saturated rings. The Bertz CT molecular complexity index is 1040. The van der Waals surface area contributed by atoms with Crippen molar-refractivity contribution in [3.05, 3.63) is 54.3 Å². The smallest absolute Gasteiger partial charge is 0.341 e. The predicted molar refractivity (Wildman–Crippen MR) is 108 cm³/mol. The van der Waals surface area contributed by atoms with Gasteiger partial charge in [-0.25, -0.2) is 4.79 Å². The molecule has 0 radical (unpaired) electrons. The lowest BCUT2D eigenvalue weighted by Gasteiger charge is -2.12. The number of nitrogens with zero attached hydrogens (tertiary/aromatic N) is 2. The first-order valence-electron chi connectivity index (χ1n) is 9.28. The van der Waals surface area contributed by atoms with Gasteiger partial charge >= 0.3 is 5.97 Å². The second-order valence-electron chi connectivity index (χ2n) is 6.75. The summed E-state index contributed by atoms with van der Waals surface area (Å²) in [5.41, 5.74) is 0.767. The molecule has 0 spiro atoms. The third-order valence-electron chi connectivity index (χ3n) is 4.72. The summed E-state index contributed by atoms with van der Waals surface area (Å²) in [6.07, 6.45) is 4.63. The van der Waals surface area contributed by atoms with Gasteiger partial charge in [-0.05, 0) is 45.1 Å². The molecule has 2 aromatic heterocycles. The van der Waals surface area contributed by atoms with Crippen molar-refractivity contribution in [3.8, 4) is 0 Å². The number of aromatic nitrogens is 1. The number of carbonyl (C=O) groups excluding carboxylic acids is 2. The van der Waals surface area contributed by atoms with Gasteiger partial charge in [-0.1, -0.05) is 0 Å². The van der Waals surface area contributed by atoms with Crippen molar-refractivity contribution in [3.63, 3.8) is 0 Å². The molecule has 1 aliphatic rings. The standard InChI is InChI=1S/C19H21N3O6S/c1-3-28-19(25)17-12-6-4-5-7-14(12)29-18(17)20-15(23)10-21-9-13(22(26)27)11(2)8-16(21)24/h8-9H,3-7,10H2,1-2H3,(H,20,23).